The first-order valence-corrected chi connectivity index (χ1v) is 9.79. The number of likely N-dealkylation sites (tertiary alicyclic amines) is 1. The smallest absolute Gasteiger partial charge is 0.0362 e. The van der Waals surface area contributed by atoms with Crippen LogP contribution in [-0.4, -0.2) is 36.1 Å². The maximum absolute atomic E-state index is 3.87. The topological polar surface area (TPSA) is 15.3 Å². The van der Waals surface area contributed by atoms with Crippen molar-refractivity contribution in [3.05, 3.63) is 22.4 Å². The Kier molecular flexibility index (Phi) is 5.36. The Morgan fingerprint density at radius 2 is 2.00 bits per heavy atom. The van der Waals surface area contributed by atoms with Gasteiger partial charge in [-0.25, -0.2) is 0 Å². The van der Waals surface area contributed by atoms with Crippen LogP contribution >= 0.6 is 11.3 Å². The Hall–Kier alpha value is -0.380. The van der Waals surface area contributed by atoms with Gasteiger partial charge in [0.2, 0.25) is 0 Å². The lowest BCUT2D eigenvalue weighted by molar-refractivity contribution is 0.0737. The molecule has 1 aliphatic carbocycles. The molecule has 0 amide bonds. The van der Waals surface area contributed by atoms with Crippen LogP contribution in [0, 0.1) is 0 Å². The second-order valence-electron chi connectivity index (χ2n) is 6.79. The van der Waals surface area contributed by atoms with E-state index in [1.54, 1.807) is 0 Å². The molecule has 0 aromatic carbocycles. The van der Waals surface area contributed by atoms with Gasteiger partial charge >= 0.3 is 0 Å². The summed E-state index contributed by atoms with van der Waals surface area (Å²) in [4.78, 5) is 2.85. The highest BCUT2D eigenvalue weighted by atomic mass is 32.1. The van der Waals surface area contributed by atoms with E-state index < -0.39 is 0 Å². The first-order valence-electron chi connectivity index (χ1n) is 8.85. The maximum Gasteiger partial charge on any atom is 0.0362 e. The third-order valence-corrected chi connectivity index (χ3v) is 6.34. The predicted octanol–water partition coefficient (Wildman–Crippen LogP) is 4.07. The largest absolute Gasteiger partial charge is 0.312 e. The number of nitrogens with zero attached hydrogens (tertiary/aromatic N) is 1. The zero-order valence-corrected chi connectivity index (χ0v) is 14.3. The summed E-state index contributed by atoms with van der Waals surface area (Å²) in [5, 5.41) is 8.40. The number of likely N-dealkylation sites (N-methyl/N-ethyl adjacent to an activating group) is 1. The molecular formula is C18H30N2S. The minimum Gasteiger partial charge on any atom is -0.312 e. The number of aryl methyl sites for hydroxylation is 1. The molecule has 0 spiro atoms. The molecule has 1 unspecified atom stereocenters. The third-order valence-electron chi connectivity index (χ3n) is 5.61. The standard InChI is InChI=1S/C18H30N2S/c1-2-19-17(8-7-16-9-14-21-15-16)18(10-3-4-11-18)20-12-5-6-13-20/h9,14-15,17,19H,2-8,10-13H2,1H3. The summed E-state index contributed by atoms with van der Waals surface area (Å²) in [7, 11) is 0. The molecule has 1 N–H and O–H groups in total. The van der Waals surface area contributed by atoms with Crippen LogP contribution in [0.3, 0.4) is 0 Å². The van der Waals surface area contributed by atoms with E-state index in [-0.39, 0.29) is 0 Å². The molecule has 3 rings (SSSR count). The molecule has 1 atom stereocenters. The summed E-state index contributed by atoms with van der Waals surface area (Å²) < 4.78 is 0. The van der Waals surface area contributed by atoms with Crippen molar-refractivity contribution >= 4 is 11.3 Å². The van der Waals surface area contributed by atoms with Crippen LogP contribution in [0.4, 0.5) is 0 Å². The minimum absolute atomic E-state index is 0.461. The Labute approximate surface area is 133 Å². The molecule has 1 saturated heterocycles. The van der Waals surface area contributed by atoms with Gasteiger partial charge in [0, 0.05) is 11.6 Å². The van der Waals surface area contributed by atoms with Gasteiger partial charge in [-0.05, 0) is 80.5 Å². The predicted molar refractivity (Wildman–Crippen MR) is 92.1 cm³/mol. The third kappa shape index (κ3) is 3.35. The maximum atomic E-state index is 3.87. The average molecular weight is 307 g/mol. The van der Waals surface area contributed by atoms with Crippen LogP contribution in [0.1, 0.15) is 57.4 Å². The summed E-state index contributed by atoms with van der Waals surface area (Å²) >= 11 is 1.83. The molecule has 1 saturated carbocycles. The van der Waals surface area contributed by atoms with Gasteiger partial charge in [-0.1, -0.05) is 19.8 Å². The Morgan fingerprint density at radius 1 is 1.24 bits per heavy atom. The van der Waals surface area contributed by atoms with Gasteiger partial charge in [0.15, 0.2) is 0 Å². The number of thiophene rings is 1. The van der Waals surface area contributed by atoms with Crippen molar-refractivity contribution in [3.8, 4) is 0 Å². The summed E-state index contributed by atoms with van der Waals surface area (Å²) in [6, 6.07) is 2.97. The number of nitrogens with one attached hydrogen (secondary N) is 1. The molecule has 0 bridgehead atoms. The lowest BCUT2D eigenvalue weighted by Gasteiger charge is -2.45. The molecule has 2 heterocycles. The van der Waals surface area contributed by atoms with Crippen LogP contribution < -0.4 is 5.32 Å². The summed E-state index contributed by atoms with van der Waals surface area (Å²) in [5.41, 5.74) is 1.99. The minimum atomic E-state index is 0.461. The van der Waals surface area contributed by atoms with Crippen molar-refractivity contribution in [2.75, 3.05) is 19.6 Å². The van der Waals surface area contributed by atoms with Gasteiger partial charge in [-0.3, -0.25) is 4.90 Å². The first kappa shape index (κ1) is 15.5. The van der Waals surface area contributed by atoms with Crippen LogP contribution in [0.2, 0.25) is 0 Å². The van der Waals surface area contributed by atoms with E-state index in [0.29, 0.717) is 11.6 Å². The molecule has 1 aromatic rings. The van der Waals surface area contributed by atoms with E-state index in [0.717, 1.165) is 6.54 Å². The van der Waals surface area contributed by atoms with Gasteiger partial charge in [0.05, 0.1) is 0 Å². The lowest BCUT2D eigenvalue weighted by Crippen LogP contribution is -2.59. The molecule has 0 radical (unpaired) electrons. The van der Waals surface area contributed by atoms with Crippen molar-refractivity contribution in [2.24, 2.45) is 0 Å². The number of hydrogen-bond acceptors (Lipinski definition) is 3. The van der Waals surface area contributed by atoms with Crippen molar-refractivity contribution in [1.82, 2.24) is 10.2 Å². The van der Waals surface area contributed by atoms with Crippen LogP contribution in [-0.2, 0) is 6.42 Å². The van der Waals surface area contributed by atoms with E-state index in [1.807, 2.05) is 11.3 Å². The average Bonchev–Trinajstić information content (AvgIpc) is 3.25. The molecule has 1 aliphatic heterocycles. The molecule has 118 valence electrons. The zero-order chi connectivity index (χ0) is 14.5. The second kappa shape index (κ2) is 7.26. The van der Waals surface area contributed by atoms with E-state index in [2.05, 4.69) is 34.0 Å². The SMILES string of the molecule is CCNC(CCc1ccsc1)C1(N2CCCC2)CCCC1. The van der Waals surface area contributed by atoms with E-state index in [4.69, 9.17) is 0 Å². The van der Waals surface area contributed by atoms with Gasteiger partial charge in [0.25, 0.3) is 0 Å². The fraction of sp³-hybridized carbons (Fsp3) is 0.778. The van der Waals surface area contributed by atoms with Crippen LogP contribution in [0.5, 0.6) is 0 Å². The Morgan fingerprint density at radius 3 is 2.62 bits per heavy atom. The summed E-state index contributed by atoms with van der Waals surface area (Å²) in [5.74, 6) is 0. The van der Waals surface area contributed by atoms with Crippen LogP contribution in [0.15, 0.2) is 16.8 Å². The fourth-order valence-electron chi connectivity index (χ4n) is 4.59. The zero-order valence-electron chi connectivity index (χ0n) is 13.4. The molecular weight excluding hydrogens is 276 g/mol. The molecule has 1 aromatic heterocycles. The van der Waals surface area contributed by atoms with Crippen LogP contribution in [0.25, 0.3) is 0 Å². The van der Waals surface area contributed by atoms with E-state index in [9.17, 15) is 0 Å². The molecule has 3 heteroatoms. The van der Waals surface area contributed by atoms with E-state index in [1.165, 1.54) is 70.0 Å². The highest BCUT2D eigenvalue weighted by Gasteiger charge is 2.45. The van der Waals surface area contributed by atoms with E-state index >= 15 is 0 Å². The highest BCUT2D eigenvalue weighted by molar-refractivity contribution is 7.07. The van der Waals surface area contributed by atoms with Crippen molar-refractivity contribution < 1.29 is 0 Å². The number of hydrogen-bond donors (Lipinski definition) is 1. The Balaban J connectivity index is 1.72. The second-order valence-corrected chi connectivity index (χ2v) is 7.57. The van der Waals surface area contributed by atoms with Gasteiger partial charge in [-0.2, -0.15) is 11.3 Å². The van der Waals surface area contributed by atoms with Gasteiger partial charge < -0.3 is 5.32 Å². The van der Waals surface area contributed by atoms with Gasteiger partial charge in [-0.15, -0.1) is 0 Å². The monoisotopic (exact) mass is 306 g/mol. The Bertz CT molecular complexity index is 403. The van der Waals surface area contributed by atoms with Gasteiger partial charge in [0.1, 0.15) is 0 Å². The fourth-order valence-corrected chi connectivity index (χ4v) is 5.29. The molecule has 2 aliphatic rings. The molecule has 21 heavy (non-hydrogen) atoms. The van der Waals surface area contributed by atoms with Crippen molar-refractivity contribution in [2.45, 2.75) is 69.9 Å². The summed E-state index contributed by atoms with van der Waals surface area (Å²) in [6.45, 7) is 6.04. The van der Waals surface area contributed by atoms with Crippen molar-refractivity contribution in [1.29, 1.82) is 0 Å². The molecule has 2 nitrogen and oxygen atoms in total. The highest BCUT2D eigenvalue weighted by Crippen LogP contribution is 2.41. The van der Waals surface area contributed by atoms with Crippen molar-refractivity contribution in [3.63, 3.8) is 0 Å². The quantitative estimate of drug-likeness (QED) is 0.817. The molecule has 2 fully saturated rings. The summed E-state index contributed by atoms with van der Waals surface area (Å²) in [6.07, 6.45) is 11.0. The first-order chi connectivity index (χ1) is 10.3. The lowest BCUT2D eigenvalue weighted by atomic mass is 9.83. The normalized spacial score (nSPS) is 23.7. The number of rotatable bonds is 7.